The molecule has 0 aliphatic carbocycles. The van der Waals surface area contributed by atoms with Gasteiger partial charge in [-0.25, -0.2) is 9.78 Å². The molecule has 0 saturated carbocycles. The average molecular weight is 250 g/mol. The van der Waals surface area contributed by atoms with Crippen LogP contribution in [0.25, 0.3) is 5.65 Å². The number of pyridine rings is 1. The predicted molar refractivity (Wildman–Crippen MR) is 67.7 cm³/mol. The standard InChI is InChI=1S/C12H14N2O2S/c1-4-16-12(15)9-11(17-3)13-10-8(2)6-5-7-14(9)10/h5-7H,4H2,1-3H3. The summed E-state index contributed by atoms with van der Waals surface area (Å²) in [7, 11) is 0. The second-order valence-electron chi connectivity index (χ2n) is 3.57. The number of aromatic nitrogens is 2. The van der Waals surface area contributed by atoms with Crippen molar-refractivity contribution in [3.8, 4) is 0 Å². The molecule has 0 saturated heterocycles. The van der Waals surface area contributed by atoms with E-state index in [2.05, 4.69) is 4.98 Å². The Labute approximate surface area is 104 Å². The maximum absolute atomic E-state index is 11.9. The van der Waals surface area contributed by atoms with Crippen molar-refractivity contribution in [1.82, 2.24) is 9.38 Å². The molecular weight excluding hydrogens is 236 g/mol. The minimum absolute atomic E-state index is 0.324. The number of aryl methyl sites for hydroxylation is 1. The lowest BCUT2D eigenvalue weighted by atomic mass is 10.3. The van der Waals surface area contributed by atoms with E-state index in [9.17, 15) is 4.79 Å². The van der Waals surface area contributed by atoms with Crippen molar-refractivity contribution < 1.29 is 9.53 Å². The lowest BCUT2D eigenvalue weighted by Crippen LogP contribution is -2.09. The highest BCUT2D eigenvalue weighted by Gasteiger charge is 2.20. The number of thioether (sulfide) groups is 1. The third-order valence-corrected chi connectivity index (χ3v) is 3.15. The third-order valence-electron chi connectivity index (χ3n) is 2.48. The smallest absolute Gasteiger partial charge is 0.358 e. The topological polar surface area (TPSA) is 43.6 Å². The molecule has 2 rings (SSSR count). The number of fused-ring (bicyclic) bond motifs is 1. The first-order valence-electron chi connectivity index (χ1n) is 5.37. The van der Waals surface area contributed by atoms with Crippen LogP contribution in [0.2, 0.25) is 0 Å². The van der Waals surface area contributed by atoms with Crippen LogP contribution < -0.4 is 0 Å². The van der Waals surface area contributed by atoms with E-state index >= 15 is 0 Å². The number of carbonyl (C=O) groups is 1. The molecule has 4 nitrogen and oxygen atoms in total. The Morgan fingerprint density at radius 1 is 1.59 bits per heavy atom. The second kappa shape index (κ2) is 4.79. The molecule has 2 aromatic heterocycles. The van der Waals surface area contributed by atoms with Gasteiger partial charge in [0.2, 0.25) is 0 Å². The van der Waals surface area contributed by atoms with Gasteiger partial charge in [0.1, 0.15) is 10.7 Å². The van der Waals surface area contributed by atoms with Crippen LogP contribution in [0.4, 0.5) is 0 Å². The molecule has 0 aromatic carbocycles. The van der Waals surface area contributed by atoms with Crippen LogP contribution in [-0.2, 0) is 4.74 Å². The number of hydrogen-bond donors (Lipinski definition) is 0. The fraction of sp³-hybridized carbons (Fsp3) is 0.333. The number of nitrogens with zero attached hydrogens (tertiary/aromatic N) is 2. The van der Waals surface area contributed by atoms with E-state index in [0.29, 0.717) is 17.3 Å². The van der Waals surface area contributed by atoms with Gasteiger partial charge in [0.25, 0.3) is 0 Å². The Hall–Kier alpha value is -1.49. The molecule has 2 aromatic rings. The SMILES string of the molecule is CCOC(=O)c1c(SC)nc2c(C)cccn12. The minimum atomic E-state index is -0.324. The van der Waals surface area contributed by atoms with Crippen LogP contribution in [-0.4, -0.2) is 28.2 Å². The summed E-state index contributed by atoms with van der Waals surface area (Å²) in [6.07, 6.45) is 3.74. The molecule has 0 N–H and O–H groups in total. The largest absolute Gasteiger partial charge is 0.461 e. The molecule has 90 valence electrons. The zero-order chi connectivity index (χ0) is 12.4. The van der Waals surface area contributed by atoms with Crippen molar-refractivity contribution in [2.45, 2.75) is 18.9 Å². The van der Waals surface area contributed by atoms with E-state index in [0.717, 1.165) is 11.2 Å². The van der Waals surface area contributed by atoms with E-state index < -0.39 is 0 Å². The number of imidazole rings is 1. The van der Waals surface area contributed by atoms with Gasteiger partial charge in [0.05, 0.1) is 6.61 Å². The summed E-state index contributed by atoms with van der Waals surface area (Å²) < 4.78 is 6.85. The highest BCUT2D eigenvalue weighted by atomic mass is 32.2. The van der Waals surface area contributed by atoms with Crippen molar-refractivity contribution in [1.29, 1.82) is 0 Å². The molecule has 0 aliphatic rings. The molecule has 0 fully saturated rings. The summed E-state index contributed by atoms with van der Waals surface area (Å²) in [6.45, 7) is 4.14. The highest BCUT2D eigenvalue weighted by Crippen LogP contribution is 2.23. The van der Waals surface area contributed by atoms with Crippen molar-refractivity contribution >= 4 is 23.4 Å². The van der Waals surface area contributed by atoms with Crippen LogP contribution in [0.3, 0.4) is 0 Å². The van der Waals surface area contributed by atoms with Crippen molar-refractivity contribution in [3.05, 3.63) is 29.6 Å². The third kappa shape index (κ3) is 2.02. The molecule has 0 spiro atoms. The van der Waals surface area contributed by atoms with Gasteiger partial charge in [0, 0.05) is 6.20 Å². The fourth-order valence-electron chi connectivity index (χ4n) is 1.71. The van der Waals surface area contributed by atoms with Crippen LogP contribution >= 0.6 is 11.8 Å². The fourth-order valence-corrected chi connectivity index (χ4v) is 2.26. The van der Waals surface area contributed by atoms with E-state index in [1.54, 1.807) is 11.3 Å². The molecule has 0 unspecified atom stereocenters. The van der Waals surface area contributed by atoms with Gasteiger partial charge in [-0.15, -0.1) is 11.8 Å². The quantitative estimate of drug-likeness (QED) is 0.620. The van der Waals surface area contributed by atoms with Gasteiger partial charge in [-0.05, 0) is 31.7 Å². The summed E-state index contributed by atoms with van der Waals surface area (Å²) in [5.74, 6) is -0.324. The number of rotatable bonds is 3. The van der Waals surface area contributed by atoms with Crippen molar-refractivity contribution in [2.75, 3.05) is 12.9 Å². The van der Waals surface area contributed by atoms with Crippen LogP contribution in [0.5, 0.6) is 0 Å². The van der Waals surface area contributed by atoms with Gasteiger partial charge in [-0.2, -0.15) is 0 Å². The van der Waals surface area contributed by atoms with Gasteiger partial charge in [-0.3, -0.25) is 4.40 Å². The zero-order valence-corrected chi connectivity index (χ0v) is 10.9. The molecule has 5 heteroatoms. The summed E-state index contributed by atoms with van der Waals surface area (Å²) >= 11 is 1.45. The first-order valence-corrected chi connectivity index (χ1v) is 6.60. The Morgan fingerprint density at radius 3 is 3.00 bits per heavy atom. The molecule has 0 radical (unpaired) electrons. The summed E-state index contributed by atoms with van der Waals surface area (Å²) in [5, 5.41) is 0.706. The molecule has 17 heavy (non-hydrogen) atoms. The Morgan fingerprint density at radius 2 is 2.35 bits per heavy atom. The highest BCUT2D eigenvalue weighted by molar-refractivity contribution is 7.98. The summed E-state index contributed by atoms with van der Waals surface area (Å²) in [5.41, 5.74) is 2.36. The van der Waals surface area contributed by atoms with Crippen molar-refractivity contribution in [3.63, 3.8) is 0 Å². The maximum Gasteiger partial charge on any atom is 0.358 e. The Balaban J connectivity index is 2.67. The van der Waals surface area contributed by atoms with E-state index in [4.69, 9.17) is 4.74 Å². The minimum Gasteiger partial charge on any atom is -0.461 e. The number of ether oxygens (including phenoxy) is 1. The maximum atomic E-state index is 11.9. The summed E-state index contributed by atoms with van der Waals surface area (Å²) in [6, 6.07) is 3.87. The zero-order valence-electron chi connectivity index (χ0n) is 10.1. The Kier molecular flexibility index (Phi) is 3.38. The molecule has 0 aliphatic heterocycles. The molecule has 2 heterocycles. The number of hydrogen-bond acceptors (Lipinski definition) is 4. The number of esters is 1. The first-order chi connectivity index (χ1) is 8.19. The van der Waals surface area contributed by atoms with Crippen LogP contribution in [0, 0.1) is 6.92 Å². The molecule has 0 amide bonds. The normalized spacial score (nSPS) is 10.8. The molecule has 0 bridgehead atoms. The monoisotopic (exact) mass is 250 g/mol. The molecule has 0 atom stereocenters. The van der Waals surface area contributed by atoms with E-state index in [1.165, 1.54) is 11.8 Å². The predicted octanol–water partition coefficient (Wildman–Crippen LogP) is 2.54. The lowest BCUT2D eigenvalue weighted by molar-refractivity contribution is 0.0513. The van der Waals surface area contributed by atoms with Crippen molar-refractivity contribution in [2.24, 2.45) is 0 Å². The average Bonchev–Trinajstić information content (AvgIpc) is 2.69. The van der Waals surface area contributed by atoms with Gasteiger partial charge < -0.3 is 4.74 Å². The number of carbonyl (C=O) groups excluding carboxylic acids is 1. The first kappa shape index (κ1) is 12.0. The van der Waals surface area contributed by atoms with Gasteiger partial charge in [-0.1, -0.05) is 6.07 Å². The molecular formula is C12H14N2O2S. The van der Waals surface area contributed by atoms with Gasteiger partial charge >= 0.3 is 5.97 Å². The van der Waals surface area contributed by atoms with Gasteiger partial charge in [0.15, 0.2) is 5.69 Å². The summed E-state index contributed by atoms with van der Waals surface area (Å²) in [4.78, 5) is 16.4. The Bertz CT molecular complexity index is 563. The van der Waals surface area contributed by atoms with Crippen LogP contribution in [0.15, 0.2) is 23.4 Å². The second-order valence-corrected chi connectivity index (χ2v) is 4.37. The van der Waals surface area contributed by atoms with Crippen LogP contribution in [0.1, 0.15) is 23.0 Å². The lowest BCUT2D eigenvalue weighted by Gasteiger charge is -2.03. The van der Waals surface area contributed by atoms with E-state index in [-0.39, 0.29) is 5.97 Å². The van der Waals surface area contributed by atoms with E-state index in [1.807, 2.05) is 31.5 Å².